The summed E-state index contributed by atoms with van der Waals surface area (Å²) in [7, 11) is 0. The second-order valence-corrected chi connectivity index (χ2v) is 10.8. The third-order valence-corrected chi connectivity index (χ3v) is 8.17. The maximum atomic E-state index is 13.4. The molecule has 0 saturated heterocycles. The standard InChI is InChI=1S/C26H30ClN5O/c27-21-15-29-31(16-21)8-4-7-28-25(33)23-17-32(22-5-2-1-3-6-22)30-24(23)26-12-18-9-19(13-26)11-20(10-18)14-26/h1-3,5-6,15-20H,4,7-14H2,(H,28,33). The molecule has 0 aliphatic heterocycles. The molecular weight excluding hydrogens is 434 g/mol. The lowest BCUT2D eigenvalue weighted by molar-refractivity contribution is -0.00770. The Morgan fingerprint density at radius 1 is 1.06 bits per heavy atom. The molecule has 0 spiro atoms. The Morgan fingerprint density at radius 2 is 1.76 bits per heavy atom. The normalized spacial score (nSPS) is 27.7. The fourth-order valence-electron chi connectivity index (χ4n) is 7.04. The Balaban J connectivity index is 1.25. The van der Waals surface area contributed by atoms with Gasteiger partial charge in [-0.2, -0.15) is 10.2 Å². The molecule has 7 heteroatoms. The number of para-hydroxylation sites is 1. The fraction of sp³-hybridized carbons (Fsp3) is 0.500. The summed E-state index contributed by atoms with van der Waals surface area (Å²) in [6, 6.07) is 10.1. The quantitative estimate of drug-likeness (QED) is 0.501. The van der Waals surface area contributed by atoms with Gasteiger partial charge in [0.1, 0.15) is 0 Å². The first-order valence-corrected chi connectivity index (χ1v) is 12.6. The van der Waals surface area contributed by atoms with Gasteiger partial charge in [0.25, 0.3) is 5.91 Å². The van der Waals surface area contributed by atoms with Crippen LogP contribution in [0.3, 0.4) is 0 Å². The molecule has 4 aliphatic rings. The molecule has 0 atom stereocenters. The number of carbonyl (C=O) groups is 1. The zero-order chi connectivity index (χ0) is 22.4. The van der Waals surface area contributed by atoms with Gasteiger partial charge in [0.2, 0.25) is 0 Å². The van der Waals surface area contributed by atoms with E-state index in [1.54, 1.807) is 12.4 Å². The van der Waals surface area contributed by atoms with E-state index in [0.717, 1.165) is 47.7 Å². The molecule has 4 bridgehead atoms. The minimum atomic E-state index is -0.0126. The summed E-state index contributed by atoms with van der Waals surface area (Å²) in [5.41, 5.74) is 2.84. The summed E-state index contributed by atoms with van der Waals surface area (Å²) in [5, 5.41) is 13.1. The molecule has 33 heavy (non-hydrogen) atoms. The average molecular weight is 464 g/mol. The van der Waals surface area contributed by atoms with Crippen molar-refractivity contribution in [1.82, 2.24) is 24.9 Å². The van der Waals surface area contributed by atoms with E-state index in [9.17, 15) is 4.79 Å². The molecule has 1 amide bonds. The van der Waals surface area contributed by atoms with Gasteiger partial charge in [-0.3, -0.25) is 9.48 Å². The van der Waals surface area contributed by atoms with E-state index in [2.05, 4.69) is 10.4 Å². The highest BCUT2D eigenvalue weighted by atomic mass is 35.5. The number of nitrogens with one attached hydrogen (secondary N) is 1. The van der Waals surface area contributed by atoms with E-state index in [0.29, 0.717) is 11.6 Å². The van der Waals surface area contributed by atoms with Crippen LogP contribution < -0.4 is 5.32 Å². The summed E-state index contributed by atoms with van der Waals surface area (Å²) in [5.74, 6) is 2.39. The molecule has 4 aliphatic carbocycles. The minimum Gasteiger partial charge on any atom is -0.352 e. The van der Waals surface area contributed by atoms with E-state index in [4.69, 9.17) is 16.7 Å². The lowest BCUT2D eigenvalue weighted by atomic mass is 9.48. The first-order chi connectivity index (χ1) is 16.1. The maximum Gasteiger partial charge on any atom is 0.254 e. The monoisotopic (exact) mass is 463 g/mol. The summed E-state index contributed by atoms with van der Waals surface area (Å²) in [6.45, 7) is 1.31. The van der Waals surface area contributed by atoms with Crippen molar-refractivity contribution in [3.8, 4) is 5.69 Å². The van der Waals surface area contributed by atoms with Crippen LogP contribution in [-0.4, -0.2) is 32.0 Å². The predicted molar refractivity (Wildman–Crippen MR) is 128 cm³/mol. The molecule has 1 aromatic carbocycles. The molecule has 7 rings (SSSR count). The maximum absolute atomic E-state index is 13.4. The number of benzene rings is 1. The number of aryl methyl sites for hydroxylation is 1. The van der Waals surface area contributed by atoms with Crippen molar-refractivity contribution in [2.45, 2.75) is 56.9 Å². The van der Waals surface area contributed by atoms with Crippen molar-refractivity contribution in [2.75, 3.05) is 6.54 Å². The third kappa shape index (κ3) is 3.99. The van der Waals surface area contributed by atoms with Crippen LogP contribution in [0.2, 0.25) is 5.02 Å². The van der Waals surface area contributed by atoms with Crippen molar-refractivity contribution >= 4 is 17.5 Å². The lowest BCUT2D eigenvalue weighted by Gasteiger charge is -2.56. The Hall–Kier alpha value is -2.60. The van der Waals surface area contributed by atoms with Gasteiger partial charge in [-0.1, -0.05) is 29.8 Å². The van der Waals surface area contributed by atoms with Crippen LogP contribution in [0.15, 0.2) is 48.9 Å². The van der Waals surface area contributed by atoms with Crippen molar-refractivity contribution in [3.63, 3.8) is 0 Å². The number of aromatic nitrogens is 4. The van der Waals surface area contributed by atoms with Gasteiger partial charge in [-0.15, -0.1) is 0 Å². The van der Waals surface area contributed by atoms with Crippen LogP contribution in [0.1, 0.15) is 61.0 Å². The van der Waals surface area contributed by atoms with Gasteiger partial charge in [-0.25, -0.2) is 4.68 Å². The molecule has 2 heterocycles. The predicted octanol–water partition coefficient (Wildman–Crippen LogP) is 5.01. The van der Waals surface area contributed by atoms with Crippen LogP contribution >= 0.6 is 11.6 Å². The molecular formula is C26H30ClN5O. The van der Waals surface area contributed by atoms with Gasteiger partial charge in [0, 0.05) is 30.9 Å². The Labute approximate surface area is 199 Å². The van der Waals surface area contributed by atoms with Crippen molar-refractivity contribution in [2.24, 2.45) is 17.8 Å². The second kappa shape index (κ2) is 8.32. The fourth-order valence-corrected chi connectivity index (χ4v) is 7.20. The van der Waals surface area contributed by atoms with Crippen LogP contribution in [0, 0.1) is 17.8 Å². The first-order valence-electron chi connectivity index (χ1n) is 12.2. The highest BCUT2D eigenvalue weighted by molar-refractivity contribution is 6.30. The number of carbonyl (C=O) groups excluding carboxylic acids is 1. The van der Waals surface area contributed by atoms with Gasteiger partial charge >= 0.3 is 0 Å². The van der Waals surface area contributed by atoms with Gasteiger partial charge in [0.15, 0.2) is 0 Å². The number of hydrogen-bond donors (Lipinski definition) is 1. The zero-order valence-electron chi connectivity index (χ0n) is 18.8. The molecule has 3 aromatic rings. The first kappa shape index (κ1) is 21.0. The van der Waals surface area contributed by atoms with Crippen LogP contribution in [-0.2, 0) is 12.0 Å². The van der Waals surface area contributed by atoms with Gasteiger partial charge in [0.05, 0.1) is 28.2 Å². The second-order valence-electron chi connectivity index (χ2n) is 10.4. The average Bonchev–Trinajstić information content (AvgIpc) is 3.43. The molecule has 6 nitrogen and oxygen atoms in total. The molecule has 0 unspecified atom stereocenters. The van der Waals surface area contributed by atoms with Crippen molar-refractivity contribution in [3.05, 3.63) is 65.2 Å². The number of rotatable bonds is 7. The van der Waals surface area contributed by atoms with E-state index in [1.165, 1.54) is 38.5 Å². The number of hydrogen-bond acceptors (Lipinski definition) is 3. The lowest BCUT2D eigenvalue weighted by Crippen LogP contribution is -2.49. The number of amides is 1. The Kier molecular flexibility index (Phi) is 5.28. The van der Waals surface area contributed by atoms with Crippen LogP contribution in [0.25, 0.3) is 5.69 Å². The molecule has 1 N–H and O–H groups in total. The third-order valence-electron chi connectivity index (χ3n) is 7.97. The zero-order valence-corrected chi connectivity index (χ0v) is 19.5. The largest absolute Gasteiger partial charge is 0.352 e. The van der Waals surface area contributed by atoms with Crippen molar-refractivity contribution < 1.29 is 4.79 Å². The molecule has 4 fully saturated rings. The summed E-state index contributed by atoms with van der Waals surface area (Å²) in [6.07, 6.45) is 13.9. The highest BCUT2D eigenvalue weighted by Crippen LogP contribution is 2.60. The Bertz CT molecular complexity index is 1120. The molecule has 4 saturated carbocycles. The summed E-state index contributed by atoms with van der Waals surface area (Å²) >= 11 is 5.94. The van der Waals surface area contributed by atoms with Crippen LogP contribution in [0.5, 0.6) is 0 Å². The van der Waals surface area contributed by atoms with Gasteiger partial charge in [-0.05, 0) is 74.8 Å². The van der Waals surface area contributed by atoms with Gasteiger partial charge < -0.3 is 5.32 Å². The van der Waals surface area contributed by atoms with E-state index < -0.39 is 0 Å². The summed E-state index contributed by atoms with van der Waals surface area (Å²) < 4.78 is 3.72. The van der Waals surface area contributed by atoms with E-state index >= 15 is 0 Å². The minimum absolute atomic E-state index is 0.0126. The molecule has 2 aromatic heterocycles. The van der Waals surface area contributed by atoms with E-state index in [-0.39, 0.29) is 11.3 Å². The smallest absolute Gasteiger partial charge is 0.254 e. The Morgan fingerprint density at radius 3 is 2.39 bits per heavy atom. The van der Waals surface area contributed by atoms with Crippen molar-refractivity contribution in [1.29, 1.82) is 0 Å². The highest BCUT2D eigenvalue weighted by Gasteiger charge is 2.53. The number of halogens is 1. The van der Waals surface area contributed by atoms with Crippen LogP contribution in [0.4, 0.5) is 0 Å². The number of nitrogens with zero attached hydrogens (tertiary/aromatic N) is 4. The SMILES string of the molecule is O=C(NCCCn1cc(Cl)cn1)c1cn(-c2ccccc2)nc1C12CC3CC(CC(C3)C1)C2. The van der Waals surface area contributed by atoms with E-state index in [1.807, 2.05) is 45.9 Å². The topological polar surface area (TPSA) is 64.7 Å². The molecule has 0 radical (unpaired) electrons. The molecule has 172 valence electrons. The summed E-state index contributed by atoms with van der Waals surface area (Å²) in [4.78, 5) is 13.4.